The van der Waals surface area contributed by atoms with Gasteiger partial charge in [-0.25, -0.2) is 24.9 Å². The standard InChI is InChI=1S/C21H13F3N2O2.C20H12F3N3O2.C19H11F3N4OS/c22-21(23,24)14-4-6-15(7-5-14)28-20-16(2-1-10-26-20)13-3-8-17-18(12-13)25-11-9-19(17)27;21-20(22,23)12-3-5-13(6-4-12)28-19-14(2-1-10-25-19)16-8-7-15-17(27)9-11-24-18(15)26-16;20-19(21,22)12-2-4-13(5-3-12)28-18-16(23-7-8-24-18)11-1-6-14-15(9-11)25-10-26-17(14)27/h1-12H,(H,25,27);1-11H,(H,24,26,27);1-10H,(H,25,26,27). The number of alkyl halides is 9. The number of fused-ring (bicyclic) bond motifs is 3. The van der Waals surface area contributed by atoms with Crippen molar-refractivity contribution in [1.82, 2.24) is 44.9 Å². The zero-order valence-corrected chi connectivity index (χ0v) is 43.4. The van der Waals surface area contributed by atoms with Crippen LogP contribution in [0.15, 0.2) is 226 Å². The van der Waals surface area contributed by atoms with Crippen LogP contribution in [0, 0.1) is 0 Å². The molecule has 0 aliphatic rings. The predicted octanol–water partition coefficient (Wildman–Crippen LogP) is 14.7. The highest BCUT2D eigenvalue weighted by molar-refractivity contribution is 7.99. The van der Waals surface area contributed by atoms with Gasteiger partial charge in [-0.15, -0.1) is 0 Å². The number of rotatable bonds is 9. The van der Waals surface area contributed by atoms with E-state index in [9.17, 15) is 53.9 Å². The lowest BCUT2D eigenvalue weighted by molar-refractivity contribution is -0.138. The van der Waals surface area contributed by atoms with E-state index in [0.717, 1.165) is 42.0 Å². The minimum absolute atomic E-state index is 0.0901. The van der Waals surface area contributed by atoms with E-state index >= 15 is 0 Å². The summed E-state index contributed by atoms with van der Waals surface area (Å²) in [5.74, 6) is 0.886. The topological polar surface area (TPSA) is 194 Å². The predicted molar refractivity (Wildman–Crippen MR) is 295 cm³/mol. The summed E-state index contributed by atoms with van der Waals surface area (Å²) >= 11 is 1.21. The lowest BCUT2D eigenvalue weighted by Gasteiger charge is -2.12. The molecule has 12 aromatic rings. The number of benzene rings is 5. The van der Waals surface area contributed by atoms with Crippen molar-refractivity contribution in [3.63, 3.8) is 0 Å². The molecule has 0 atom stereocenters. The number of hydrogen-bond acceptors (Lipinski definition) is 12. The van der Waals surface area contributed by atoms with E-state index in [1.807, 2.05) is 0 Å². The normalized spacial score (nSPS) is 11.6. The molecule has 5 aromatic carbocycles. The van der Waals surface area contributed by atoms with Crippen molar-refractivity contribution < 1.29 is 49.0 Å². The average Bonchev–Trinajstić information content (AvgIpc) is 3.67. The fourth-order valence-electron chi connectivity index (χ4n) is 8.19. The number of hydrogen-bond donors (Lipinski definition) is 3. The van der Waals surface area contributed by atoms with Crippen LogP contribution >= 0.6 is 11.8 Å². The molecule has 0 unspecified atom stereocenters. The summed E-state index contributed by atoms with van der Waals surface area (Å²) in [4.78, 5) is 70.2. The Kier molecular flexibility index (Phi) is 16.2. The van der Waals surface area contributed by atoms with Crippen LogP contribution in [0.3, 0.4) is 0 Å². The largest absolute Gasteiger partial charge is 0.438 e. The molecular formula is C60H36F9N9O5S. The first-order valence-electron chi connectivity index (χ1n) is 24.6. The monoisotopic (exact) mass is 1170 g/mol. The van der Waals surface area contributed by atoms with Crippen LogP contribution in [0.5, 0.6) is 23.3 Å². The molecular weight excluding hydrogens is 1130 g/mol. The van der Waals surface area contributed by atoms with Crippen LogP contribution in [0.4, 0.5) is 39.5 Å². The second-order valence-electron chi connectivity index (χ2n) is 17.8. The Bertz CT molecular complexity index is 4070. The zero-order valence-electron chi connectivity index (χ0n) is 42.6. The number of nitrogens with one attached hydrogen (secondary N) is 3. The van der Waals surface area contributed by atoms with E-state index < -0.39 is 35.2 Å². The highest BCUT2D eigenvalue weighted by Crippen LogP contribution is 2.39. The fourth-order valence-corrected chi connectivity index (χ4v) is 9.07. The molecule has 7 heterocycles. The number of H-pyrrole nitrogens is 3. The molecule has 0 aliphatic heterocycles. The second kappa shape index (κ2) is 23.9. The maximum absolute atomic E-state index is 12.7. The van der Waals surface area contributed by atoms with Gasteiger partial charge in [0, 0.05) is 76.2 Å². The maximum atomic E-state index is 12.7. The van der Waals surface area contributed by atoms with E-state index in [1.54, 1.807) is 79.0 Å². The molecule has 14 nitrogen and oxygen atoms in total. The Morgan fingerprint density at radius 3 is 1.62 bits per heavy atom. The third-order valence-electron chi connectivity index (χ3n) is 12.3. The molecule has 7 aromatic heterocycles. The van der Waals surface area contributed by atoms with Crippen LogP contribution in [-0.4, -0.2) is 44.9 Å². The molecule has 0 bridgehead atoms. The molecule has 0 aliphatic carbocycles. The van der Waals surface area contributed by atoms with Crippen molar-refractivity contribution in [2.24, 2.45) is 0 Å². The Hall–Kier alpha value is -10.5. The Balaban J connectivity index is 0.000000140. The highest BCUT2D eigenvalue weighted by Gasteiger charge is 2.32. The van der Waals surface area contributed by atoms with Gasteiger partial charge in [-0.1, -0.05) is 23.9 Å². The number of aromatic amines is 3. The molecule has 0 radical (unpaired) electrons. The molecule has 0 amide bonds. The van der Waals surface area contributed by atoms with Crippen LogP contribution < -0.4 is 25.9 Å². The van der Waals surface area contributed by atoms with E-state index in [0.29, 0.717) is 70.8 Å². The van der Waals surface area contributed by atoms with Crippen molar-refractivity contribution in [2.75, 3.05) is 0 Å². The van der Waals surface area contributed by atoms with Gasteiger partial charge in [0.15, 0.2) is 10.9 Å². The van der Waals surface area contributed by atoms with Gasteiger partial charge < -0.3 is 24.4 Å². The van der Waals surface area contributed by atoms with Gasteiger partial charge in [0.1, 0.15) is 27.9 Å². The number of pyridine rings is 5. The van der Waals surface area contributed by atoms with E-state index in [2.05, 4.69) is 44.9 Å². The van der Waals surface area contributed by atoms with Crippen LogP contribution in [0.2, 0.25) is 0 Å². The van der Waals surface area contributed by atoms with Crippen LogP contribution in [0.1, 0.15) is 16.7 Å². The van der Waals surface area contributed by atoms with E-state index in [4.69, 9.17) is 9.47 Å². The minimum Gasteiger partial charge on any atom is -0.438 e. The lowest BCUT2D eigenvalue weighted by atomic mass is 10.0. The molecule has 3 N–H and O–H groups in total. The van der Waals surface area contributed by atoms with Gasteiger partial charge in [-0.2, -0.15) is 39.5 Å². The van der Waals surface area contributed by atoms with Crippen molar-refractivity contribution in [3.05, 3.63) is 249 Å². The summed E-state index contributed by atoms with van der Waals surface area (Å²) < 4.78 is 126. The van der Waals surface area contributed by atoms with Gasteiger partial charge in [-0.05, 0) is 139 Å². The molecule has 0 fully saturated rings. The molecule has 420 valence electrons. The van der Waals surface area contributed by atoms with Gasteiger partial charge in [-0.3, -0.25) is 19.4 Å². The lowest BCUT2D eigenvalue weighted by Crippen LogP contribution is -2.06. The summed E-state index contributed by atoms with van der Waals surface area (Å²) in [5, 5.41) is 1.99. The van der Waals surface area contributed by atoms with Crippen LogP contribution in [0.25, 0.3) is 66.5 Å². The summed E-state index contributed by atoms with van der Waals surface area (Å²) in [5.41, 5.74) is 2.58. The SMILES string of the molecule is O=c1[nH]cnc2cc(-c3nccnc3Sc3ccc(C(F)(F)F)cc3)ccc12.O=c1cc[nH]c2cc(-c3cccnc3Oc3ccc(C(F)(F)F)cc3)ccc12.O=c1cc[nH]c2nc(-c3cccnc3Oc3ccc(C(F)(F)F)cc3)ccc12. The quantitative estimate of drug-likeness (QED) is 0.116. The summed E-state index contributed by atoms with van der Waals surface area (Å²) in [7, 11) is 0. The van der Waals surface area contributed by atoms with Gasteiger partial charge in [0.25, 0.3) is 5.56 Å². The number of ether oxygens (including phenoxy) is 2. The first-order chi connectivity index (χ1) is 40.2. The van der Waals surface area contributed by atoms with Gasteiger partial charge in [0.2, 0.25) is 11.8 Å². The minimum atomic E-state index is -4.42. The molecule has 0 saturated heterocycles. The second-order valence-corrected chi connectivity index (χ2v) is 18.9. The number of nitrogens with zero attached hydrogens (tertiary/aromatic N) is 6. The Labute approximate surface area is 470 Å². The van der Waals surface area contributed by atoms with Crippen molar-refractivity contribution >= 4 is 44.6 Å². The summed E-state index contributed by atoms with van der Waals surface area (Å²) in [6, 6.07) is 37.1. The van der Waals surface area contributed by atoms with Crippen molar-refractivity contribution in [2.45, 2.75) is 28.5 Å². The molecule has 0 spiro atoms. The summed E-state index contributed by atoms with van der Waals surface area (Å²) in [6.45, 7) is 0. The third kappa shape index (κ3) is 13.3. The van der Waals surface area contributed by atoms with E-state index in [-0.39, 0.29) is 39.7 Å². The van der Waals surface area contributed by atoms with E-state index in [1.165, 1.54) is 97.6 Å². The zero-order chi connectivity index (χ0) is 59.2. The Morgan fingerprint density at radius 1 is 0.452 bits per heavy atom. The fraction of sp³-hybridized carbons (Fsp3) is 0.0500. The average molecular weight is 1170 g/mol. The first-order valence-corrected chi connectivity index (χ1v) is 25.4. The molecule has 0 saturated carbocycles. The van der Waals surface area contributed by atoms with Gasteiger partial charge >= 0.3 is 18.5 Å². The molecule has 12 rings (SSSR count). The molecule has 24 heteroatoms. The number of halogens is 9. The molecule has 84 heavy (non-hydrogen) atoms. The van der Waals surface area contributed by atoms with Gasteiger partial charge in [0.05, 0.1) is 50.6 Å². The number of aromatic nitrogens is 9. The summed E-state index contributed by atoms with van der Waals surface area (Å²) in [6.07, 6.45) is -2.72. The smallest absolute Gasteiger partial charge is 0.416 e. The maximum Gasteiger partial charge on any atom is 0.416 e. The highest BCUT2D eigenvalue weighted by atomic mass is 32.2. The third-order valence-corrected chi connectivity index (χ3v) is 13.3. The first kappa shape index (κ1) is 56.8. The Morgan fingerprint density at radius 2 is 0.988 bits per heavy atom. The van der Waals surface area contributed by atoms with Crippen LogP contribution in [-0.2, 0) is 18.5 Å². The van der Waals surface area contributed by atoms with Crippen molar-refractivity contribution in [3.8, 4) is 56.9 Å². The van der Waals surface area contributed by atoms with Crippen molar-refractivity contribution in [1.29, 1.82) is 0 Å².